The van der Waals surface area contributed by atoms with Gasteiger partial charge in [0.25, 0.3) is 0 Å². The Balaban J connectivity index is 3.12. The van der Waals surface area contributed by atoms with Crippen molar-refractivity contribution in [2.45, 2.75) is 33.8 Å². The Morgan fingerprint density at radius 1 is 1.14 bits per heavy atom. The molecule has 0 aromatic heterocycles. The number of ether oxygens (including phenoxy) is 1. The van der Waals surface area contributed by atoms with E-state index in [4.69, 9.17) is 4.74 Å². The van der Waals surface area contributed by atoms with Crippen LogP contribution in [0.1, 0.15) is 27.7 Å². The zero-order chi connectivity index (χ0) is 10.8. The highest BCUT2D eigenvalue weighted by molar-refractivity contribution is 4.55. The molecular weight excluding hydrogens is 176 g/mol. The number of nitrogens with zero attached hydrogens (tertiary/aromatic N) is 1. The third-order valence-corrected chi connectivity index (χ3v) is 2.23. The Morgan fingerprint density at radius 3 is 2.29 bits per heavy atom. The van der Waals surface area contributed by atoms with Gasteiger partial charge in [-0.1, -0.05) is 13.8 Å². The van der Waals surface area contributed by atoms with Crippen molar-refractivity contribution in [1.29, 1.82) is 0 Å². The molecule has 0 bridgehead atoms. The summed E-state index contributed by atoms with van der Waals surface area (Å²) in [4.78, 5) is 2.41. The fourth-order valence-electron chi connectivity index (χ4n) is 1.27. The van der Waals surface area contributed by atoms with Gasteiger partial charge in [0.15, 0.2) is 0 Å². The van der Waals surface area contributed by atoms with E-state index in [0.29, 0.717) is 6.10 Å². The number of likely N-dealkylation sites (N-methyl/N-ethyl adjacent to an activating group) is 1. The van der Waals surface area contributed by atoms with Gasteiger partial charge >= 0.3 is 0 Å². The summed E-state index contributed by atoms with van der Waals surface area (Å²) >= 11 is 0. The average Bonchev–Trinajstić information content (AvgIpc) is 2.16. The van der Waals surface area contributed by atoms with Gasteiger partial charge in [-0.2, -0.15) is 0 Å². The van der Waals surface area contributed by atoms with Crippen molar-refractivity contribution in [1.82, 2.24) is 10.2 Å². The van der Waals surface area contributed by atoms with Gasteiger partial charge in [-0.05, 0) is 26.9 Å². The van der Waals surface area contributed by atoms with Crippen LogP contribution in [0.3, 0.4) is 0 Å². The number of hydrogen-bond donors (Lipinski definition) is 1. The topological polar surface area (TPSA) is 24.5 Å². The zero-order valence-electron chi connectivity index (χ0n) is 10.2. The van der Waals surface area contributed by atoms with Crippen LogP contribution in [0.15, 0.2) is 0 Å². The summed E-state index contributed by atoms with van der Waals surface area (Å²) in [5.41, 5.74) is 0. The van der Waals surface area contributed by atoms with E-state index in [1.165, 1.54) is 0 Å². The third kappa shape index (κ3) is 8.48. The van der Waals surface area contributed by atoms with Crippen LogP contribution >= 0.6 is 0 Å². The van der Waals surface area contributed by atoms with Gasteiger partial charge in [-0.25, -0.2) is 0 Å². The molecule has 3 heteroatoms. The quantitative estimate of drug-likeness (QED) is 0.571. The SMILES string of the molecule is CCN(CC)CCNCCOC(C)C. The predicted molar refractivity (Wildman–Crippen MR) is 61.7 cm³/mol. The van der Waals surface area contributed by atoms with E-state index in [0.717, 1.165) is 39.3 Å². The van der Waals surface area contributed by atoms with E-state index in [2.05, 4.69) is 37.9 Å². The Hall–Kier alpha value is -0.120. The number of hydrogen-bond acceptors (Lipinski definition) is 3. The summed E-state index contributed by atoms with van der Waals surface area (Å²) in [7, 11) is 0. The van der Waals surface area contributed by atoms with Gasteiger partial charge in [0.05, 0.1) is 12.7 Å². The second-order valence-corrected chi connectivity index (χ2v) is 3.70. The van der Waals surface area contributed by atoms with Crippen molar-refractivity contribution in [2.24, 2.45) is 0 Å². The second-order valence-electron chi connectivity index (χ2n) is 3.70. The molecule has 0 radical (unpaired) electrons. The van der Waals surface area contributed by atoms with E-state index in [1.54, 1.807) is 0 Å². The number of nitrogens with one attached hydrogen (secondary N) is 1. The molecule has 1 N–H and O–H groups in total. The van der Waals surface area contributed by atoms with Gasteiger partial charge in [0, 0.05) is 19.6 Å². The molecule has 14 heavy (non-hydrogen) atoms. The fourth-order valence-corrected chi connectivity index (χ4v) is 1.27. The first-order chi connectivity index (χ1) is 6.70. The molecule has 0 aliphatic carbocycles. The van der Waals surface area contributed by atoms with Crippen molar-refractivity contribution in [2.75, 3.05) is 39.3 Å². The molecule has 0 unspecified atom stereocenters. The van der Waals surface area contributed by atoms with Crippen molar-refractivity contribution in [3.05, 3.63) is 0 Å². The van der Waals surface area contributed by atoms with Crippen LogP contribution in [0.4, 0.5) is 0 Å². The Bertz CT molecular complexity index is 114. The predicted octanol–water partition coefficient (Wildman–Crippen LogP) is 1.34. The fraction of sp³-hybridized carbons (Fsp3) is 1.00. The third-order valence-electron chi connectivity index (χ3n) is 2.23. The average molecular weight is 202 g/mol. The largest absolute Gasteiger partial charge is 0.377 e. The molecule has 0 fully saturated rings. The first-order valence-corrected chi connectivity index (χ1v) is 5.75. The Kier molecular flexibility index (Phi) is 9.35. The van der Waals surface area contributed by atoms with Gasteiger partial charge in [-0.15, -0.1) is 0 Å². The first kappa shape index (κ1) is 13.9. The Labute approximate surface area is 88.8 Å². The van der Waals surface area contributed by atoms with Crippen LogP contribution in [0.2, 0.25) is 0 Å². The highest BCUT2D eigenvalue weighted by atomic mass is 16.5. The standard InChI is InChI=1S/C11H26N2O/c1-5-13(6-2)9-7-12-8-10-14-11(3)4/h11-12H,5-10H2,1-4H3. The van der Waals surface area contributed by atoms with E-state index in [-0.39, 0.29) is 0 Å². The van der Waals surface area contributed by atoms with Crippen LogP contribution in [-0.2, 0) is 4.74 Å². The molecule has 86 valence electrons. The van der Waals surface area contributed by atoms with Crippen molar-refractivity contribution >= 4 is 0 Å². The molecule has 0 aliphatic heterocycles. The van der Waals surface area contributed by atoms with Gasteiger partial charge in [0.2, 0.25) is 0 Å². The highest BCUT2D eigenvalue weighted by Crippen LogP contribution is 1.86. The molecule has 0 aromatic rings. The minimum atomic E-state index is 0.347. The summed E-state index contributed by atoms with van der Waals surface area (Å²) in [6.45, 7) is 14.8. The van der Waals surface area contributed by atoms with Crippen molar-refractivity contribution < 1.29 is 4.74 Å². The van der Waals surface area contributed by atoms with E-state index < -0.39 is 0 Å². The molecule has 0 rings (SSSR count). The second kappa shape index (κ2) is 9.44. The smallest absolute Gasteiger partial charge is 0.0594 e. The highest BCUT2D eigenvalue weighted by Gasteiger charge is 1.97. The summed E-state index contributed by atoms with van der Waals surface area (Å²) in [6.07, 6.45) is 0.347. The lowest BCUT2D eigenvalue weighted by molar-refractivity contribution is 0.0805. The lowest BCUT2D eigenvalue weighted by atomic mass is 10.4. The normalized spacial score (nSPS) is 11.6. The molecule has 0 heterocycles. The molecule has 0 atom stereocenters. The maximum atomic E-state index is 5.43. The minimum Gasteiger partial charge on any atom is -0.377 e. The summed E-state index contributed by atoms with van der Waals surface area (Å²) in [6, 6.07) is 0. The molecule has 0 spiro atoms. The summed E-state index contributed by atoms with van der Waals surface area (Å²) in [5.74, 6) is 0. The molecule has 0 saturated heterocycles. The van der Waals surface area contributed by atoms with E-state index in [9.17, 15) is 0 Å². The lowest BCUT2D eigenvalue weighted by Crippen LogP contribution is -2.33. The summed E-state index contributed by atoms with van der Waals surface area (Å²) < 4.78 is 5.43. The minimum absolute atomic E-state index is 0.347. The van der Waals surface area contributed by atoms with Gasteiger partial charge in [-0.3, -0.25) is 0 Å². The molecule has 0 aromatic carbocycles. The van der Waals surface area contributed by atoms with E-state index in [1.807, 2.05) is 0 Å². The molecular formula is C11H26N2O. The van der Waals surface area contributed by atoms with Crippen molar-refractivity contribution in [3.63, 3.8) is 0 Å². The van der Waals surface area contributed by atoms with Crippen LogP contribution in [0, 0.1) is 0 Å². The summed E-state index contributed by atoms with van der Waals surface area (Å²) in [5, 5.41) is 3.37. The maximum absolute atomic E-state index is 5.43. The molecule has 0 saturated carbocycles. The molecule has 3 nitrogen and oxygen atoms in total. The maximum Gasteiger partial charge on any atom is 0.0594 e. The Morgan fingerprint density at radius 2 is 1.79 bits per heavy atom. The monoisotopic (exact) mass is 202 g/mol. The van der Waals surface area contributed by atoms with Gasteiger partial charge < -0.3 is 15.0 Å². The first-order valence-electron chi connectivity index (χ1n) is 5.75. The van der Waals surface area contributed by atoms with Gasteiger partial charge in [0.1, 0.15) is 0 Å². The molecule has 0 amide bonds. The van der Waals surface area contributed by atoms with Crippen LogP contribution in [0.25, 0.3) is 0 Å². The number of rotatable bonds is 9. The zero-order valence-corrected chi connectivity index (χ0v) is 10.2. The van der Waals surface area contributed by atoms with Crippen LogP contribution in [-0.4, -0.2) is 50.3 Å². The molecule has 0 aliphatic rings. The van der Waals surface area contributed by atoms with Crippen LogP contribution < -0.4 is 5.32 Å². The lowest BCUT2D eigenvalue weighted by Gasteiger charge is -2.18. The van der Waals surface area contributed by atoms with E-state index >= 15 is 0 Å². The van der Waals surface area contributed by atoms with Crippen LogP contribution in [0.5, 0.6) is 0 Å². The van der Waals surface area contributed by atoms with Crippen molar-refractivity contribution in [3.8, 4) is 0 Å².